The van der Waals surface area contributed by atoms with Gasteiger partial charge in [-0.3, -0.25) is 14.3 Å². The van der Waals surface area contributed by atoms with Crippen LogP contribution in [0.5, 0.6) is 5.75 Å². The molecule has 0 amide bonds. The molecule has 0 aliphatic heterocycles. The maximum absolute atomic E-state index is 13.9. The number of rotatable bonds is 7. The first kappa shape index (κ1) is 18.9. The van der Waals surface area contributed by atoms with Crippen LogP contribution in [0.3, 0.4) is 0 Å². The Balaban J connectivity index is 2.31. The molecular formula is C19H23FN4O3. The van der Waals surface area contributed by atoms with Gasteiger partial charge in [-0.1, -0.05) is 26.7 Å². The predicted octanol–water partition coefficient (Wildman–Crippen LogP) is 3.00. The number of phenolic OH excluding ortho intramolecular Hbond substituents is 1. The standard InChI is InChI=1S/C19H23FN4O3/c1-3-5-9-23-15-17(24(10-6-4-2)19(27)22-18(15)26)21-16(23)12-7-8-14(25)13(20)11-12/h7-8,11,25H,3-6,9-10H2,1-2H3,(H,22,26,27). The molecule has 27 heavy (non-hydrogen) atoms. The average Bonchev–Trinajstić information content (AvgIpc) is 3.02. The average molecular weight is 374 g/mol. The molecule has 0 atom stereocenters. The molecular weight excluding hydrogens is 351 g/mol. The van der Waals surface area contributed by atoms with Gasteiger partial charge in [0.05, 0.1) is 0 Å². The Hall–Kier alpha value is -2.90. The summed E-state index contributed by atoms with van der Waals surface area (Å²) in [6.45, 7) is 5.00. The number of nitrogens with zero attached hydrogens (tertiary/aromatic N) is 3. The number of aryl methyl sites for hydroxylation is 2. The molecule has 7 nitrogen and oxygen atoms in total. The number of halogens is 1. The highest BCUT2D eigenvalue weighted by atomic mass is 19.1. The molecule has 3 rings (SSSR count). The van der Waals surface area contributed by atoms with E-state index in [-0.39, 0.29) is 0 Å². The lowest BCUT2D eigenvalue weighted by molar-refractivity contribution is 0.432. The van der Waals surface area contributed by atoms with Crippen molar-refractivity contribution in [2.45, 2.75) is 52.6 Å². The van der Waals surface area contributed by atoms with Crippen LogP contribution in [0.25, 0.3) is 22.6 Å². The van der Waals surface area contributed by atoms with Gasteiger partial charge in [-0.05, 0) is 31.0 Å². The van der Waals surface area contributed by atoms with Crippen molar-refractivity contribution in [2.24, 2.45) is 0 Å². The molecule has 1 aromatic carbocycles. The quantitative estimate of drug-likeness (QED) is 0.665. The van der Waals surface area contributed by atoms with Crippen LogP contribution in [0.4, 0.5) is 4.39 Å². The summed E-state index contributed by atoms with van der Waals surface area (Å²) < 4.78 is 17.1. The molecule has 2 N–H and O–H groups in total. The number of unbranched alkanes of at least 4 members (excludes halogenated alkanes) is 2. The van der Waals surface area contributed by atoms with Crippen LogP contribution in [-0.4, -0.2) is 24.2 Å². The molecule has 0 saturated heterocycles. The highest BCUT2D eigenvalue weighted by molar-refractivity contribution is 5.77. The molecule has 2 aromatic heterocycles. The third kappa shape index (κ3) is 3.51. The van der Waals surface area contributed by atoms with Crippen molar-refractivity contribution >= 4 is 11.2 Å². The van der Waals surface area contributed by atoms with Crippen LogP contribution in [0.2, 0.25) is 0 Å². The van der Waals surface area contributed by atoms with Crippen LogP contribution in [0.1, 0.15) is 39.5 Å². The first-order chi connectivity index (χ1) is 13.0. The van der Waals surface area contributed by atoms with Gasteiger partial charge in [-0.25, -0.2) is 14.2 Å². The van der Waals surface area contributed by atoms with Gasteiger partial charge in [0.1, 0.15) is 5.82 Å². The fourth-order valence-electron chi connectivity index (χ4n) is 3.10. The summed E-state index contributed by atoms with van der Waals surface area (Å²) in [7, 11) is 0. The zero-order valence-corrected chi connectivity index (χ0v) is 15.5. The smallest absolute Gasteiger partial charge is 0.330 e. The van der Waals surface area contributed by atoms with Crippen LogP contribution >= 0.6 is 0 Å². The number of aromatic nitrogens is 4. The highest BCUT2D eigenvalue weighted by Crippen LogP contribution is 2.27. The molecule has 0 bridgehead atoms. The number of imidazole rings is 1. The third-order valence-corrected chi connectivity index (χ3v) is 4.56. The van der Waals surface area contributed by atoms with E-state index in [1.165, 1.54) is 16.7 Å². The van der Waals surface area contributed by atoms with E-state index in [9.17, 15) is 19.1 Å². The summed E-state index contributed by atoms with van der Waals surface area (Å²) in [5.74, 6) is -0.815. The molecule has 2 heterocycles. The van der Waals surface area contributed by atoms with Gasteiger partial charge >= 0.3 is 5.69 Å². The molecule has 0 spiro atoms. The Morgan fingerprint density at radius 1 is 1.11 bits per heavy atom. The molecule has 0 radical (unpaired) electrons. The van der Waals surface area contributed by atoms with Crippen LogP contribution in [-0.2, 0) is 13.1 Å². The molecule has 144 valence electrons. The monoisotopic (exact) mass is 374 g/mol. The Morgan fingerprint density at radius 3 is 2.41 bits per heavy atom. The van der Waals surface area contributed by atoms with Crippen molar-refractivity contribution in [3.8, 4) is 17.1 Å². The van der Waals surface area contributed by atoms with Gasteiger partial charge in [0.2, 0.25) is 0 Å². The van der Waals surface area contributed by atoms with Crippen molar-refractivity contribution in [1.29, 1.82) is 0 Å². The summed E-state index contributed by atoms with van der Waals surface area (Å²) in [6, 6.07) is 3.98. The van der Waals surface area contributed by atoms with Crippen molar-refractivity contribution in [3.63, 3.8) is 0 Å². The minimum Gasteiger partial charge on any atom is -0.505 e. The normalized spacial score (nSPS) is 11.4. The first-order valence-electron chi connectivity index (χ1n) is 9.20. The van der Waals surface area contributed by atoms with E-state index in [1.807, 2.05) is 13.8 Å². The van der Waals surface area contributed by atoms with Crippen molar-refractivity contribution in [1.82, 2.24) is 19.1 Å². The Labute approximate surface area is 155 Å². The van der Waals surface area contributed by atoms with Crippen LogP contribution in [0.15, 0.2) is 27.8 Å². The number of fused-ring (bicyclic) bond motifs is 1. The van der Waals surface area contributed by atoms with Gasteiger partial charge in [0, 0.05) is 18.7 Å². The van der Waals surface area contributed by atoms with Gasteiger partial charge in [0.15, 0.2) is 22.7 Å². The molecule has 0 saturated carbocycles. The molecule has 0 unspecified atom stereocenters. The second-order valence-corrected chi connectivity index (χ2v) is 6.54. The summed E-state index contributed by atoms with van der Waals surface area (Å²) in [5.41, 5.74) is 0.0484. The number of nitrogens with one attached hydrogen (secondary N) is 1. The van der Waals surface area contributed by atoms with Crippen LogP contribution in [0, 0.1) is 5.82 Å². The fraction of sp³-hybridized carbons (Fsp3) is 0.421. The molecule has 0 fully saturated rings. The lowest BCUT2D eigenvalue weighted by atomic mass is 10.2. The van der Waals surface area contributed by atoms with E-state index in [1.54, 1.807) is 10.6 Å². The summed E-state index contributed by atoms with van der Waals surface area (Å²) in [5, 5.41) is 9.46. The maximum atomic E-state index is 13.9. The van der Waals surface area contributed by atoms with Crippen LogP contribution < -0.4 is 11.2 Å². The highest BCUT2D eigenvalue weighted by Gasteiger charge is 2.20. The summed E-state index contributed by atoms with van der Waals surface area (Å²) >= 11 is 0. The van der Waals surface area contributed by atoms with Gasteiger partial charge < -0.3 is 9.67 Å². The number of aromatic amines is 1. The van der Waals surface area contributed by atoms with Gasteiger partial charge in [0.25, 0.3) is 5.56 Å². The number of benzene rings is 1. The second-order valence-electron chi connectivity index (χ2n) is 6.54. The van der Waals surface area contributed by atoms with E-state index in [0.29, 0.717) is 35.6 Å². The van der Waals surface area contributed by atoms with E-state index in [2.05, 4.69) is 9.97 Å². The molecule has 0 aliphatic carbocycles. The molecule has 8 heteroatoms. The van der Waals surface area contributed by atoms with Gasteiger partial charge in [-0.15, -0.1) is 0 Å². The first-order valence-corrected chi connectivity index (χ1v) is 9.20. The lowest BCUT2D eigenvalue weighted by Crippen LogP contribution is -2.31. The zero-order chi connectivity index (χ0) is 19.6. The maximum Gasteiger partial charge on any atom is 0.330 e. The summed E-state index contributed by atoms with van der Waals surface area (Å²) in [6.07, 6.45) is 3.36. The number of hydrogen-bond acceptors (Lipinski definition) is 4. The Kier molecular flexibility index (Phi) is 5.43. The van der Waals surface area contributed by atoms with E-state index >= 15 is 0 Å². The number of H-pyrrole nitrogens is 1. The van der Waals surface area contributed by atoms with Crippen molar-refractivity contribution in [3.05, 3.63) is 44.9 Å². The molecule has 3 aromatic rings. The van der Waals surface area contributed by atoms with Crippen molar-refractivity contribution < 1.29 is 9.50 Å². The lowest BCUT2D eigenvalue weighted by Gasteiger charge is -2.09. The SMILES string of the molecule is CCCCn1c(-c2ccc(O)c(F)c2)nc2c1c(=O)[nH]c(=O)n2CCCC. The topological polar surface area (TPSA) is 92.9 Å². The Bertz CT molecular complexity index is 1080. The largest absolute Gasteiger partial charge is 0.505 e. The number of phenols is 1. The minimum absolute atomic E-state index is 0.303. The van der Waals surface area contributed by atoms with E-state index in [4.69, 9.17) is 0 Å². The molecule has 0 aliphatic rings. The third-order valence-electron chi connectivity index (χ3n) is 4.56. The van der Waals surface area contributed by atoms with Crippen molar-refractivity contribution in [2.75, 3.05) is 0 Å². The summed E-state index contributed by atoms with van der Waals surface area (Å²) in [4.78, 5) is 31.7. The predicted molar refractivity (Wildman–Crippen MR) is 101 cm³/mol. The number of hydrogen-bond donors (Lipinski definition) is 2. The fourth-order valence-corrected chi connectivity index (χ4v) is 3.10. The Morgan fingerprint density at radius 2 is 1.78 bits per heavy atom. The van der Waals surface area contributed by atoms with Gasteiger partial charge in [-0.2, -0.15) is 0 Å². The minimum atomic E-state index is -0.765. The zero-order valence-electron chi connectivity index (χ0n) is 15.5. The van der Waals surface area contributed by atoms with E-state index in [0.717, 1.165) is 25.7 Å². The second kappa shape index (κ2) is 7.77. The number of aromatic hydroxyl groups is 1. The van der Waals surface area contributed by atoms with E-state index < -0.39 is 22.8 Å².